The molecule has 110 valence electrons. The molecule has 4 aromatic rings. The standard InChI is InChI=1S/C16H15N5S/c17-6-5-11-14-10-4-3-9(13-2-1-7-22-13)8-12(10)19-16(18)15(14)21-20-11/h1-4,7-8H,5-6,17H2,(H2,18,19)(H,20,21). The maximum absolute atomic E-state index is 6.08. The number of nitrogens with one attached hydrogen (secondary N) is 1. The van der Waals surface area contributed by atoms with Gasteiger partial charge in [-0.2, -0.15) is 5.10 Å². The van der Waals surface area contributed by atoms with Gasteiger partial charge in [0.15, 0.2) is 5.82 Å². The number of nitrogens with zero attached hydrogens (tertiary/aromatic N) is 2. The number of nitrogen functional groups attached to an aromatic ring is 1. The Morgan fingerprint density at radius 1 is 1.23 bits per heavy atom. The van der Waals surface area contributed by atoms with Gasteiger partial charge in [-0.25, -0.2) is 4.98 Å². The predicted octanol–water partition coefficient (Wildman–Crippen LogP) is 2.92. The number of pyridine rings is 1. The van der Waals surface area contributed by atoms with E-state index < -0.39 is 0 Å². The summed E-state index contributed by atoms with van der Waals surface area (Å²) in [6.07, 6.45) is 0.738. The molecule has 3 heterocycles. The maximum atomic E-state index is 6.08. The molecule has 0 saturated heterocycles. The zero-order valence-corrected chi connectivity index (χ0v) is 12.7. The van der Waals surface area contributed by atoms with Crippen molar-refractivity contribution in [2.75, 3.05) is 12.3 Å². The molecular weight excluding hydrogens is 294 g/mol. The monoisotopic (exact) mass is 309 g/mol. The van der Waals surface area contributed by atoms with Gasteiger partial charge in [-0.05, 0) is 29.6 Å². The first-order valence-electron chi connectivity index (χ1n) is 7.08. The molecule has 4 rings (SSSR count). The lowest BCUT2D eigenvalue weighted by molar-refractivity contribution is 0.910. The lowest BCUT2D eigenvalue weighted by atomic mass is 10.0. The van der Waals surface area contributed by atoms with Crippen LogP contribution in [0.15, 0.2) is 35.7 Å². The number of thiophene rings is 1. The van der Waals surface area contributed by atoms with Crippen LogP contribution in [0.2, 0.25) is 0 Å². The Hall–Kier alpha value is -2.44. The van der Waals surface area contributed by atoms with Crippen LogP contribution in [0.1, 0.15) is 5.69 Å². The molecule has 0 spiro atoms. The van der Waals surface area contributed by atoms with Crippen molar-refractivity contribution in [1.29, 1.82) is 0 Å². The lowest BCUT2D eigenvalue weighted by Gasteiger charge is -2.05. The first-order chi connectivity index (χ1) is 10.8. The summed E-state index contributed by atoms with van der Waals surface area (Å²) in [7, 11) is 0. The maximum Gasteiger partial charge on any atom is 0.152 e. The van der Waals surface area contributed by atoms with Crippen molar-refractivity contribution in [3.05, 3.63) is 41.4 Å². The van der Waals surface area contributed by atoms with Crippen molar-refractivity contribution >= 4 is 39.0 Å². The summed E-state index contributed by atoms with van der Waals surface area (Å²) in [5.41, 5.74) is 15.5. The molecule has 5 N–H and O–H groups in total. The molecule has 0 saturated carbocycles. The normalized spacial score (nSPS) is 11.5. The molecule has 0 aliphatic carbocycles. The first kappa shape index (κ1) is 13.2. The van der Waals surface area contributed by atoms with Crippen molar-refractivity contribution in [2.24, 2.45) is 5.73 Å². The van der Waals surface area contributed by atoms with E-state index in [-0.39, 0.29) is 0 Å². The fourth-order valence-corrected chi connectivity index (χ4v) is 3.52. The summed E-state index contributed by atoms with van der Waals surface area (Å²) >= 11 is 1.71. The largest absolute Gasteiger partial charge is 0.382 e. The lowest BCUT2D eigenvalue weighted by Crippen LogP contribution is -2.03. The second-order valence-electron chi connectivity index (χ2n) is 5.17. The van der Waals surface area contributed by atoms with Crippen molar-refractivity contribution < 1.29 is 0 Å². The minimum absolute atomic E-state index is 0.449. The van der Waals surface area contributed by atoms with E-state index >= 15 is 0 Å². The Morgan fingerprint density at radius 3 is 2.91 bits per heavy atom. The van der Waals surface area contributed by atoms with Gasteiger partial charge in [-0.1, -0.05) is 18.2 Å². The highest BCUT2D eigenvalue weighted by molar-refractivity contribution is 7.13. The molecule has 6 heteroatoms. The number of fused-ring (bicyclic) bond motifs is 3. The van der Waals surface area contributed by atoms with Gasteiger partial charge in [0.2, 0.25) is 0 Å². The fraction of sp³-hybridized carbons (Fsp3) is 0.125. The topological polar surface area (TPSA) is 93.6 Å². The number of aromatic nitrogens is 3. The highest BCUT2D eigenvalue weighted by Crippen LogP contribution is 2.33. The molecule has 0 radical (unpaired) electrons. The molecule has 0 fully saturated rings. The van der Waals surface area contributed by atoms with E-state index in [2.05, 4.69) is 44.8 Å². The molecule has 5 nitrogen and oxygen atoms in total. The van der Waals surface area contributed by atoms with Crippen LogP contribution in [-0.4, -0.2) is 21.7 Å². The number of anilines is 1. The highest BCUT2D eigenvalue weighted by Gasteiger charge is 2.14. The zero-order chi connectivity index (χ0) is 15.1. The van der Waals surface area contributed by atoms with Gasteiger partial charge < -0.3 is 11.5 Å². The van der Waals surface area contributed by atoms with Crippen molar-refractivity contribution in [1.82, 2.24) is 15.2 Å². The van der Waals surface area contributed by atoms with Crippen LogP contribution in [-0.2, 0) is 6.42 Å². The van der Waals surface area contributed by atoms with Crippen LogP contribution in [0.25, 0.3) is 32.2 Å². The number of aromatic amines is 1. The van der Waals surface area contributed by atoms with Crippen molar-refractivity contribution in [2.45, 2.75) is 6.42 Å². The van der Waals surface area contributed by atoms with Crippen LogP contribution >= 0.6 is 11.3 Å². The van der Waals surface area contributed by atoms with E-state index in [1.54, 1.807) is 11.3 Å². The third-order valence-electron chi connectivity index (χ3n) is 3.79. The molecule has 0 aliphatic heterocycles. The molecule has 0 atom stereocenters. The van der Waals surface area contributed by atoms with Crippen LogP contribution < -0.4 is 11.5 Å². The molecule has 1 aromatic carbocycles. The molecule has 22 heavy (non-hydrogen) atoms. The molecular formula is C16H15N5S. The Morgan fingerprint density at radius 2 is 2.14 bits per heavy atom. The SMILES string of the molecule is NCCc1[nH]nc2c(N)nc3cc(-c4cccs4)ccc3c12. The second kappa shape index (κ2) is 5.08. The van der Waals surface area contributed by atoms with Crippen LogP contribution in [0.5, 0.6) is 0 Å². The average Bonchev–Trinajstić information content (AvgIpc) is 3.17. The Kier molecular flexibility index (Phi) is 3.06. The van der Waals surface area contributed by atoms with Gasteiger partial charge in [0.1, 0.15) is 5.52 Å². The van der Waals surface area contributed by atoms with Gasteiger partial charge >= 0.3 is 0 Å². The van der Waals surface area contributed by atoms with E-state index in [4.69, 9.17) is 11.5 Å². The summed E-state index contributed by atoms with van der Waals surface area (Å²) in [4.78, 5) is 5.74. The van der Waals surface area contributed by atoms with Gasteiger partial charge in [-0.3, -0.25) is 5.10 Å². The molecule has 0 bridgehead atoms. The average molecular weight is 309 g/mol. The Balaban J connectivity index is 2.02. The van der Waals surface area contributed by atoms with E-state index in [1.807, 2.05) is 6.07 Å². The number of H-pyrrole nitrogens is 1. The molecule has 0 amide bonds. The second-order valence-corrected chi connectivity index (χ2v) is 6.12. The predicted molar refractivity (Wildman–Crippen MR) is 91.9 cm³/mol. The van der Waals surface area contributed by atoms with E-state index in [1.165, 1.54) is 4.88 Å². The minimum Gasteiger partial charge on any atom is -0.382 e. The number of hydrogen-bond donors (Lipinski definition) is 3. The van der Waals surface area contributed by atoms with E-state index in [0.29, 0.717) is 12.4 Å². The summed E-state index contributed by atoms with van der Waals surface area (Å²) in [6.45, 7) is 0.564. The zero-order valence-electron chi connectivity index (χ0n) is 11.8. The van der Waals surface area contributed by atoms with Crippen LogP contribution in [0.4, 0.5) is 5.82 Å². The van der Waals surface area contributed by atoms with E-state index in [9.17, 15) is 0 Å². The molecule has 3 aromatic heterocycles. The quantitative estimate of drug-likeness (QED) is 0.542. The minimum atomic E-state index is 0.449. The van der Waals surface area contributed by atoms with Gasteiger partial charge in [0, 0.05) is 27.8 Å². The summed E-state index contributed by atoms with van der Waals surface area (Å²) in [5.74, 6) is 0.449. The summed E-state index contributed by atoms with van der Waals surface area (Å²) in [5, 5.41) is 11.5. The van der Waals surface area contributed by atoms with Gasteiger partial charge in [0.25, 0.3) is 0 Å². The highest BCUT2D eigenvalue weighted by atomic mass is 32.1. The third-order valence-corrected chi connectivity index (χ3v) is 4.71. The number of nitrogens with two attached hydrogens (primary N) is 2. The fourth-order valence-electron chi connectivity index (χ4n) is 2.79. The van der Waals surface area contributed by atoms with Gasteiger partial charge in [-0.15, -0.1) is 11.3 Å². The van der Waals surface area contributed by atoms with Crippen molar-refractivity contribution in [3.8, 4) is 10.4 Å². The molecule has 0 aliphatic rings. The Bertz CT molecular complexity index is 956. The van der Waals surface area contributed by atoms with Crippen LogP contribution in [0, 0.1) is 0 Å². The van der Waals surface area contributed by atoms with Gasteiger partial charge in [0.05, 0.1) is 5.52 Å². The first-order valence-corrected chi connectivity index (χ1v) is 7.96. The summed E-state index contributed by atoms with van der Waals surface area (Å²) in [6, 6.07) is 10.4. The van der Waals surface area contributed by atoms with E-state index in [0.717, 1.165) is 39.5 Å². The Labute approximate surface area is 131 Å². The van der Waals surface area contributed by atoms with Crippen LogP contribution in [0.3, 0.4) is 0 Å². The number of rotatable bonds is 3. The molecule has 0 unspecified atom stereocenters. The van der Waals surface area contributed by atoms with Crippen molar-refractivity contribution in [3.63, 3.8) is 0 Å². The summed E-state index contributed by atoms with van der Waals surface area (Å²) < 4.78 is 0. The number of hydrogen-bond acceptors (Lipinski definition) is 5. The smallest absolute Gasteiger partial charge is 0.152 e. The number of benzene rings is 1. The third kappa shape index (κ3) is 1.96.